The number of nitrogens with zero attached hydrogens (tertiary/aromatic N) is 3. The molecule has 0 aliphatic rings. The summed E-state index contributed by atoms with van der Waals surface area (Å²) in [5, 5.41) is 7.85. The molecule has 0 saturated carbocycles. The number of hydrogen-bond acceptors (Lipinski definition) is 3. The Kier molecular flexibility index (Phi) is 5.47. The summed E-state index contributed by atoms with van der Waals surface area (Å²) in [6.07, 6.45) is 2.89. The number of pyridine rings is 1. The van der Waals surface area contributed by atoms with Crippen molar-refractivity contribution in [2.24, 2.45) is 0 Å². The minimum absolute atomic E-state index is 0.0219. The van der Waals surface area contributed by atoms with Crippen molar-refractivity contribution in [1.82, 2.24) is 20.1 Å². The molecular formula is C15H20BrFN4. The van der Waals surface area contributed by atoms with Gasteiger partial charge in [0.1, 0.15) is 5.82 Å². The molecule has 0 aliphatic carbocycles. The molecule has 114 valence electrons. The molecule has 21 heavy (non-hydrogen) atoms. The Morgan fingerprint density at radius 3 is 2.67 bits per heavy atom. The highest BCUT2D eigenvalue weighted by atomic mass is 79.9. The van der Waals surface area contributed by atoms with E-state index in [1.807, 2.05) is 11.7 Å². The third-order valence-electron chi connectivity index (χ3n) is 3.55. The van der Waals surface area contributed by atoms with Gasteiger partial charge in [0.05, 0.1) is 33.8 Å². The minimum atomic E-state index is -0.318. The lowest BCUT2D eigenvalue weighted by Gasteiger charge is -2.16. The molecule has 0 amide bonds. The molecular weight excluding hydrogens is 335 g/mol. The van der Waals surface area contributed by atoms with E-state index in [1.54, 1.807) is 6.07 Å². The van der Waals surface area contributed by atoms with Crippen molar-refractivity contribution in [2.45, 2.75) is 39.3 Å². The Labute approximate surface area is 132 Å². The predicted molar refractivity (Wildman–Crippen MR) is 84.7 cm³/mol. The van der Waals surface area contributed by atoms with E-state index in [4.69, 9.17) is 0 Å². The summed E-state index contributed by atoms with van der Waals surface area (Å²) in [6.45, 7) is 4.99. The average molecular weight is 355 g/mol. The zero-order valence-electron chi connectivity index (χ0n) is 12.5. The molecule has 6 heteroatoms. The Hall–Kier alpha value is -1.27. The van der Waals surface area contributed by atoms with Crippen LogP contribution in [0.25, 0.3) is 0 Å². The maximum Gasteiger partial charge on any atom is 0.141 e. The first kappa shape index (κ1) is 16.1. The molecule has 0 spiro atoms. The monoisotopic (exact) mass is 354 g/mol. The van der Waals surface area contributed by atoms with Gasteiger partial charge in [-0.25, -0.2) is 4.39 Å². The number of aryl methyl sites for hydroxylation is 2. The summed E-state index contributed by atoms with van der Waals surface area (Å²) < 4.78 is 16.1. The van der Waals surface area contributed by atoms with Crippen LogP contribution in [0.5, 0.6) is 0 Å². The molecule has 0 aromatic carbocycles. The maximum atomic E-state index is 13.0. The van der Waals surface area contributed by atoms with E-state index < -0.39 is 0 Å². The quantitative estimate of drug-likeness (QED) is 0.865. The smallest absolute Gasteiger partial charge is 0.141 e. The van der Waals surface area contributed by atoms with E-state index in [9.17, 15) is 4.39 Å². The first-order valence-electron chi connectivity index (χ1n) is 7.13. The van der Waals surface area contributed by atoms with Crippen LogP contribution in [0.15, 0.2) is 22.8 Å². The van der Waals surface area contributed by atoms with E-state index in [0.717, 1.165) is 40.9 Å². The van der Waals surface area contributed by atoms with E-state index >= 15 is 0 Å². The molecule has 0 radical (unpaired) electrons. The van der Waals surface area contributed by atoms with Gasteiger partial charge in [0.15, 0.2) is 0 Å². The van der Waals surface area contributed by atoms with Crippen molar-refractivity contribution in [3.63, 3.8) is 0 Å². The summed E-state index contributed by atoms with van der Waals surface area (Å²) in [7, 11) is 1.89. The molecule has 0 bridgehead atoms. The van der Waals surface area contributed by atoms with Crippen LogP contribution >= 0.6 is 15.9 Å². The van der Waals surface area contributed by atoms with E-state index in [1.165, 1.54) is 12.3 Å². The lowest BCUT2D eigenvalue weighted by Crippen LogP contribution is -2.21. The number of likely N-dealkylation sites (N-methyl/N-ethyl adjacent to an activating group) is 1. The van der Waals surface area contributed by atoms with Crippen LogP contribution in [0.1, 0.15) is 37.0 Å². The zero-order valence-corrected chi connectivity index (χ0v) is 14.1. The van der Waals surface area contributed by atoms with Gasteiger partial charge in [0.2, 0.25) is 0 Å². The largest absolute Gasteiger partial charge is 0.311 e. The molecule has 2 rings (SSSR count). The number of aromatic nitrogens is 3. The van der Waals surface area contributed by atoms with Crippen molar-refractivity contribution in [3.8, 4) is 0 Å². The van der Waals surface area contributed by atoms with Crippen LogP contribution in [-0.4, -0.2) is 21.8 Å². The molecule has 0 fully saturated rings. The van der Waals surface area contributed by atoms with Crippen molar-refractivity contribution in [2.75, 3.05) is 7.05 Å². The maximum absolute atomic E-state index is 13.0. The summed E-state index contributed by atoms with van der Waals surface area (Å²) in [5.74, 6) is -0.318. The fraction of sp³-hybridized carbons (Fsp3) is 0.467. The first-order chi connectivity index (χ1) is 10.1. The number of halogens is 2. The SMILES string of the molecule is CCc1nn(CC)c(CC(NC)c2ccc(F)cn2)c1Br. The molecule has 4 nitrogen and oxygen atoms in total. The molecule has 1 unspecified atom stereocenters. The minimum Gasteiger partial charge on any atom is -0.311 e. The van der Waals surface area contributed by atoms with Crippen LogP contribution in [0, 0.1) is 5.82 Å². The Bertz CT molecular complexity index is 594. The lowest BCUT2D eigenvalue weighted by atomic mass is 10.1. The van der Waals surface area contributed by atoms with Gasteiger partial charge >= 0.3 is 0 Å². The second-order valence-corrected chi connectivity index (χ2v) is 5.62. The number of rotatable bonds is 6. The van der Waals surface area contributed by atoms with Crippen LogP contribution in [0.4, 0.5) is 4.39 Å². The Balaban J connectivity index is 2.30. The highest BCUT2D eigenvalue weighted by molar-refractivity contribution is 9.10. The van der Waals surface area contributed by atoms with Gasteiger partial charge in [-0.3, -0.25) is 9.67 Å². The second kappa shape index (κ2) is 7.13. The summed E-state index contributed by atoms with van der Waals surface area (Å²) in [6, 6.07) is 3.18. The summed E-state index contributed by atoms with van der Waals surface area (Å²) in [5.41, 5.74) is 3.03. The molecule has 2 heterocycles. The third kappa shape index (κ3) is 3.49. The first-order valence-corrected chi connectivity index (χ1v) is 7.92. The van der Waals surface area contributed by atoms with Crippen LogP contribution in [0.3, 0.4) is 0 Å². The fourth-order valence-electron chi connectivity index (χ4n) is 2.35. The van der Waals surface area contributed by atoms with E-state index in [-0.39, 0.29) is 11.9 Å². The topological polar surface area (TPSA) is 42.7 Å². The van der Waals surface area contributed by atoms with Gasteiger partial charge in [-0.2, -0.15) is 5.10 Å². The number of nitrogens with one attached hydrogen (secondary N) is 1. The van der Waals surface area contributed by atoms with Gasteiger partial charge in [-0.05, 0) is 48.5 Å². The van der Waals surface area contributed by atoms with Gasteiger partial charge in [0, 0.05) is 13.0 Å². The van der Waals surface area contributed by atoms with Gasteiger partial charge in [-0.1, -0.05) is 6.92 Å². The fourth-order valence-corrected chi connectivity index (χ4v) is 3.08. The highest BCUT2D eigenvalue weighted by Gasteiger charge is 2.19. The van der Waals surface area contributed by atoms with Crippen LogP contribution < -0.4 is 5.32 Å². The molecule has 1 N–H and O–H groups in total. The van der Waals surface area contributed by atoms with E-state index in [2.05, 4.69) is 45.2 Å². The standard InChI is InChI=1S/C15H20BrFN4/c1-4-11-15(16)14(21(5-2)20-11)8-13(18-3)12-7-6-10(17)9-19-12/h6-7,9,13,18H,4-5,8H2,1-3H3. The molecule has 1 atom stereocenters. The molecule has 2 aromatic heterocycles. The highest BCUT2D eigenvalue weighted by Crippen LogP contribution is 2.26. The Morgan fingerprint density at radius 1 is 1.38 bits per heavy atom. The van der Waals surface area contributed by atoms with Crippen molar-refractivity contribution in [1.29, 1.82) is 0 Å². The number of hydrogen-bond donors (Lipinski definition) is 1. The average Bonchev–Trinajstić information content (AvgIpc) is 2.81. The van der Waals surface area contributed by atoms with Gasteiger partial charge < -0.3 is 5.32 Å². The van der Waals surface area contributed by atoms with Crippen molar-refractivity contribution < 1.29 is 4.39 Å². The third-order valence-corrected chi connectivity index (χ3v) is 4.46. The van der Waals surface area contributed by atoms with Crippen LogP contribution in [-0.2, 0) is 19.4 Å². The van der Waals surface area contributed by atoms with Crippen molar-refractivity contribution >= 4 is 15.9 Å². The summed E-state index contributed by atoms with van der Waals surface area (Å²) >= 11 is 3.65. The normalized spacial score (nSPS) is 12.6. The predicted octanol–water partition coefficient (Wildman–Crippen LogP) is 3.27. The Morgan fingerprint density at radius 2 is 2.14 bits per heavy atom. The lowest BCUT2D eigenvalue weighted by molar-refractivity contribution is 0.526. The molecule has 0 saturated heterocycles. The second-order valence-electron chi connectivity index (χ2n) is 4.82. The zero-order chi connectivity index (χ0) is 15.4. The van der Waals surface area contributed by atoms with Crippen LogP contribution in [0.2, 0.25) is 0 Å². The molecule has 2 aromatic rings. The van der Waals surface area contributed by atoms with Gasteiger partial charge in [0.25, 0.3) is 0 Å². The van der Waals surface area contributed by atoms with E-state index in [0.29, 0.717) is 0 Å². The molecule has 0 aliphatic heterocycles. The van der Waals surface area contributed by atoms with Crippen molar-refractivity contribution in [3.05, 3.63) is 45.7 Å². The summed E-state index contributed by atoms with van der Waals surface area (Å²) in [4.78, 5) is 4.18. The van der Waals surface area contributed by atoms with Gasteiger partial charge in [-0.15, -0.1) is 0 Å².